The van der Waals surface area contributed by atoms with Gasteiger partial charge in [-0.15, -0.1) is 0 Å². The third-order valence-corrected chi connectivity index (χ3v) is 4.76. The number of sulfonamides is 1. The fourth-order valence-electron chi connectivity index (χ4n) is 2.44. The average Bonchev–Trinajstić information content (AvgIpc) is 3.02. The number of rotatable bonds is 4. The molecule has 0 unspecified atom stereocenters. The number of aryl methyl sites for hydroxylation is 1. The molecule has 0 aliphatic heterocycles. The average molecular weight is 381 g/mol. The largest absolute Gasteiger partial charge is 0.282 e. The first-order valence-electron chi connectivity index (χ1n) is 7.44. The van der Waals surface area contributed by atoms with Gasteiger partial charge in [-0.1, -0.05) is 12.1 Å². The number of halogens is 3. The lowest BCUT2D eigenvalue weighted by atomic mass is 10.1. The van der Waals surface area contributed by atoms with Crippen LogP contribution in [0.25, 0.3) is 16.9 Å². The third-order valence-electron chi connectivity index (χ3n) is 3.83. The monoisotopic (exact) mass is 381 g/mol. The van der Waals surface area contributed by atoms with Crippen LogP contribution >= 0.6 is 0 Å². The Bertz CT molecular complexity index is 1060. The maximum absolute atomic E-state index is 13.9. The van der Waals surface area contributed by atoms with Gasteiger partial charge in [0, 0.05) is 5.56 Å². The van der Waals surface area contributed by atoms with Crippen molar-refractivity contribution >= 4 is 10.0 Å². The highest BCUT2D eigenvalue weighted by atomic mass is 32.2. The summed E-state index contributed by atoms with van der Waals surface area (Å²) in [6.45, 7) is 1.59. The van der Waals surface area contributed by atoms with Gasteiger partial charge in [0.15, 0.2) is 0 Å². The lowest BCUT2D eigenvalue weighted by Crippen LogP contribution is -2.12. The number of nitrogens with zero attached hydrogens (tertiary/aromatic N) is 2. The molecule has 0 saturated carbocycles. The van der Waals surface area contributed by atoms with Gasteiger partial charge in [0.25, 0.3) is 6.43 Å². The zero-order chi connectivity index (χ0) is 19.1. The molecule has 136 valence electrons. The van der Waals surface area contributed by atoms with Crippen LogP contribution in [0.15, 0.2) is 53.4 Å². The summed E-state index contributed by atoms with van der Waals surface area (Å²) in [6, 6.07) is 10.8. The summed E-state index contributed by atoms with van der Waals surface area (Å²) in [5, 5.41) is 8.91. The van der Waals surface area contributed by atoms with Crippen molar-refractivity contribution in [2.24, 2.45) is 5.14 Å². The highest BCUT2D eigenvalue weighted by molar-refractivity contribution is 7.89. The topological polar surface area (TPSA) is 78.0 Å². The van der Waals surface area contributed by atoms with E-state index in [9.17, 15) is 21.6 Å². The lowest BCUT2D eigenvalue weighted by molar-refractivity contribution is 0.145. The fourth-order valence-corrected chi connectivity index (χ4v) is 2.95. The van der Waals surface area contributed by atoms with E-state index in [0.29, 0.717) is 16.8 Å². The van der Waals surface area contributed by atoms with Crippen molar-refractivity contribution in [2.45, 2.75) is 18.2 Å². The highest BCUT2D eigenvalue weighted by Gasteiger charge is 2.19. The van der Waals surface area contributed by atoms with Gasteiger partial charge in [-0.3, -0.25) is 0 Å². The summed E-state index contributed by atoms with van der Waals surface area (Å²) in [5.74, 6) is -0.474. The first-order chi connectivity index (χ1) is 12.2. The van der Waals surface area contributed by atoms with Crippen LogP contribution in [0, 0.1) is 12.7 Å². The molecule has 1 heterocycles. The highest BCUT2D eigenvalue weighted by Crippen LogP contribution is 2.29. The van der Waals surface area contributed by atoms with Gasteiger partial charge in [-0.05, 0) is 48.9 Å². The van der Waals surface area contributed by atoms with Crippen LogP contribution in [0.2, 0.25) is 0 Å². The lowest BCUT2D eigenvalue weighted by Gasteiger charge is -2.09. The molecule has 26 heavy (non-hydrogen) atoms. The molecule has 0 aliphatic carbocycles. The fraction of sp³-hybridized carbons (Fsp3) is 0.118. The second-order valence-corrected chi connectivity index (χ2v) is 7.23. The summed E-state index contributed by atoms with van der Waals surface area (Å²) in [7, 11) is -3.88. The first kappa shape index (κ1) is 18.2. The Labute approximate surface area is 147 Å². The number of primary sulfonamides is 1. The molecule has 0 fully saturated rings. The number of benzene rings is 2. The molecule has 3 rings (SSSR count). The minimum atomic E-state index is -3.88. The minimum Gasteiger partial charge on any atom is -0.233 e. The molecule has 0 amide bonds. The maximum atomic E-state index is 13.9. The van der Waals surface area contributed by atoms with E-state index in [1.165, 1.54) is 47.1 Å². The maximum Gasteiger partial charge on any atom is 0.282 e. The SMILES string of the molecule is Cc1ccc(-c2cc(C(F)F)nn2-c2ccc(S(N)(=O)=O)cc2)cc1F. The van der Waals surface area contributed by atoms with Crippen LogP contribution in [0.1, 0.15) is 17.7 Å². The van der Waals surface area contributed by atoms with E-state index in [-0.39, 0.29) is 10.6 Å². The second kappa shape index (κ2) is 6.58. The molecular formula is C17H14F3N3O2S. The third kappa shape index (κ3) is 3.49. The van der Waals surface area contributed by atoms with Crippen LogP contribution in [-0.2, 0) is 10.0 Å². The van der Waals surface area contributed by atoms with Gasteiger partial charge < -0.3 is 0 Å². The Morgan fingerprint density at radius 1 is 1.08 bits per heavy atom. The summed E-state index contributed by atoms with van der Waals surface area (Å²) in [6.07, 6.45) is -2.81. The second-order valence-electron chi connectivity index (χ2n) is 5.67. The molecule has 9 heteroatoms. The molecule has 0 atom stereocenters. The summed E-state index contributed by atoms with van der Waals surface area (Å²) < 4.78 is 64.0. The molecule has 2 N–H and O–H groups in total. The molecule has 0 spiro atoms. The zero-order valence-electron chi connectivity index (χ0n) is 13.5. The molecular weight excluding hydrogens is 367 g/mol. The zero-order valence-corrected chi connectivity index (χ0v) is 14.3. The molecule has 5 nitrogen and oxygen atoms in total. The van der Waals surface area contributed by atoms with Gasteiger partial charge in [0.05, 0.1) is 16.3 Å². The number of nitrogens with two attached hydrogens (primary N) is 1. The summed E-state index contributed by atoms with van der Waals surface area (Å²) in [4.78, 5) is -0.120. The van der Waals surface area contributed by atoms with E-state index in [1.807, 2.05) is 0 Å². The minimum absolute atomic E-state index is 0.120. The summed E-state index contributed by atoms with van der Waals surface area (Å²) in [5.41, 5.74) is 0.897. The van der Waals surface area contributed by atoms with Gasteiger partial charge in [0.1, 0.15) is 11.5 Å². The van der Waals surface area contributed by atoms with Crippen molar-refractivity contribution in [3.8, 4) is 16.9 Å². The van der Waals surface area contributed by atoms with Crippen molar-refractivity contribution in [3.63, 3.8) is 0 Å². The van der Waals surface area contributed by atoms with Crippen LogP contribution in [0.3, 0.4) is 0 Å². The van der Waals surface area contributed by atoms with E-state index in [1.54, 1.807) is 13.0 Å². The predicted octanol–water partition coefficient (Wildman–Crippen LogP) is 3.57. The normalized spacial score (nSPS) is 11.9. The van der Waals surface area contributed by atoms with E-state index < -0.39 is 28.0 Å². The van der Waals surface area contributed by atoms with Gasteiger partial charge in [0.2, 0.25) is 10.0 Å². The molecule has 0 aliphatic rings. The van der Waals surface area contributed by atoms with Crippen LogP contribution < -0.4 is 5.14 Å². The first-order valence-corrected chi connectivity index (χ1v) is 8.99. The Morgan fingerprint density at radius 2 is 1.73 bits per heavy atom. The molecule has 1 aromatic heterocycles. The smallest absolute Gasteiger partial charge is 0.233 e. The van der Waals surface area contributed by atoms with Gasteiger partial charge >= 0.3 is 0 Å². The van der Waals surface area contributed by atoms with E-state index in [2.05, 4.69) is 5.10 Å². The van der Waals surface area contributed by atoms with Crippen molar-refractivity contribution in [3.05, 3.63) is 65.6 Å². The van der Waals surface area contributed by atoms with Crippen LogP contribution in [-0.4, -0.2) is 18.2 Å². The number of hydrogen-bond acceptors (Lipinski definition) is 3. The molecule has 2 aromatic carbocycles. The van der Waals surface area contributed by atoms with E-state index >= 15 is 0 Å². The molecule has 0 saturated heterocycles. The Hall–Kier alpha value is -2.65. The number of alkyl halides is 2. The Kier molecular flexibility index (Phi) is 4.59. The molecule has 0 radical (unpaired) electrons. The van der Waals surface area contributed by atoms with Gasteiger partial charge in [-0.25, -0.2) is 31.4 Å². The Balaban J connectivity index is 2.15. The number of hydrogen-bond donors (Lipinski definition) is 1. The quantitative estimate of drug-likeness (QED) is 0.750. The Morgan fingerprint density at radius 3 is 2.27 bits per heavy atom. The van der Waals surface area contributed by atoms with E-state index in [4.69, 9.17) is 5.14 Å². The van der Waals surface area contributed by atoms with Crippen molar-refractivity contribution in [1.82, 2.24) is 9.78 Å². The van der Waals surface area contributed by atoms with Crippen LogP contribution in [0.5, 0.6) is 0 Å². The standard InChI is InChI=1S/C17H14F3N3O2S/c1-10-2-3-11(8-14(10)18)16-9-15(17(19)20)22-23(16)12-4-6-13(7-5-12)26(21,24)25/h2-9,17H,1H3,(H2,21,24,25). The molecule has 3 aromatic rings. The summed E-state index contributed by atoms with van der Waals surface area (Å²) >= 11 is 0. The van der Waals surface area contributed by atoms with Gasteiger partial charge in [-0.2, -0.15) is 5.10 Å². The van der Waals surface area contributed by atoms with Crippen molar-refractivity contribution in [1.29, 1.82) is 0 Å². The van der Waals surface area contributed by atoms with E-state index in [0.717, 1.165) is 0 Å². The van der Waals surface area contributed by atoms with Crippen molar-refractivity contribution < 1.29 is 21.6 Å². The van der Waals surface area contributed by atoms with Crippen molar-refractivity contribution in [2.75, 3.05) is 0 Å². The number of aromatic nitrogens is 2. The van der Waals surface area contributed by atoms with Crippen LogP contribution in [0.4, 0.5) is 13.2 Å². The predicted molar refractivity (Wildman–Crippen MR) is 90.0 cm³/mol. The molecule has 0 bridgehead atoms.